The third kappa shape index (κ3) is 9.10. The minimum absolute atomic E-state index is 0. The van der Waals surface area contributed by atoms with Crippen molar-refractivity contribution in [2.45, 2.75) is 46.5 Å². The van der Waals surface area contributed by atoms with Gasteiger partial charge in [0.1, 0.15) is 0 Å². The maximum absolute atomic E-state index is 2.26. The van der Waals surface area contributed by atoms with Gasteiger partial charge in [-0.1, -0.05) is 26.7 Å². The molecule has 0 heterocycles. The van der Waals surface area contributed by atoms with Crippen molar-refractivity contribution in [3.05, 3.63) is 5.92 Å². The zero-order valence-corrected chi connectivity index (χ0v) is 9.74. The van der Waals surface area contributed by atoms with Crippen LogP contribution in [0.2, 0.25) is 0 Å². The van der Waals surface area contributed by atoms with Crippen molar-refractivity contribution in [3.8, 4) is 0 Å². The zero-order valence-electron chi connectivity index (χ0n) is 6.91. The molecule has 0 aromatic heterocycles. The summed E-state index contributed by atoms with van der Waals surface area (Å²) in [5.41, 5.74) is 0. The molecule has 0 N–H and O–H groups in total. The van der Waals surface area contributed by atoms with Crippen molar-refractivity contribution in [2.24, 2.45) is 0 Å². The fraction of sp³-hybridized carbons (Fsp3) is 0.875. The Kier molecular flexibility index (Phi) is 12.9. The van der Waals surface area contributed by atoms with E-state index in [0.29, 0.717) is 0 Å². The molecule has 9 heavy (non-hydrogen) atoms. The minimum Gasteiger partial charge on any atom is -0.317 e. The first-order valence-electron chi connectivity index (χ1n) is 3.62. The van der Waals surface area contributed by atoms with Crippen LogP contribution in [-0.4, -0.2) is 0 Å². The molecule has 1 radical (unpaired) electrons. The van der Waals surface area contributed by atoms with E-state index in [1.165, 1.54) is 25.7 Å². The van der Waals surface area contributed by atoms with E-state index in [1.54, 1.807) is 5.92 Å². The van der Waals surface area contributed by atoms with Gasteiger partial charge >= 0.3 is 0 Å². The molecule has 0 aliphatic rings. The van der Waals surface area contributed by atoms with E-state index in [2.05, 4.69) is 20.8 Å². The molecule has 0 bridgehead atoms. The SMILES string of the molecule is CCC[C-](C)CCC.[Y]. The molecule has 0 saturated carbocycles. The van der Waals surface area contributed by atoms with Crippen molar-refractivity contribution < 1.29 is 32.7 Å². The summed E-state index contributed by atoms with van der Waals surface area (Å²) in [6.07, 6.45) is 5.28. The summed E-state index contributed by atoms with van der Waals surface area (Å²) in [5.74, 6) is 1.66. The molecule has 0 aromatic carbocycles. The van der Waals surface area contributed by atoms with Crippen LogP contribution in [0.15, 0.2) is 0 Å². The first-order chi connectivity index (χ1) is 3.81. The Morgan fingerprint density at radius 3 is 1.56 bits per heavy atom. The Bertz CT molecular complexity index is 37.8. The van der Waals surface area contributed by atoms with Gasteiger partial charge in [0.15, 0.2) is 0 Å². The Hall–Kier alpha value is 1.10. The van der Waals surface area contributed by atoms with Crippen LogP contribution < -0.4 is 0 Å². The summed E-state index contributed by atoms with van der Waals surface area (Å²) in [6, 6.07) is 0. The van der Waals surface area contributed by atoms with Crippen molar-refractivity contribution in [3.63, 3.8) is 0 Å². The summed E-state index contributed by atoms with van der Waals surface area (Å²) in [4.78, 5) is 0. The minimum atomic E-state index is 0. The van der Waals surface area contributed by atoms with E-state index in [9.17, 15) is 0 Å². The van der Waals surface area contributed by atoms with Gasteiger partial charge in [0.25, 0.3) is 0 Å². The predicted molar refractivity (Wildman–Crippen MR) is 38.7 cm³/mol. The first kappa shape index (κ1) is 12.8. The normalized spacial score (nSPS) is 9.33. The molecule has 0 spiro atoms. The fourth-order valence-corrected chi connectivity index (χ4v) is 0.979. The van der Waals surface area contributed by atoms with Gasteiger partial charge in [-0.3, -0.25) is 0 Å². The molecular weight excluding hydrogens is 185 g/mol. The average Bonchev–Trinajstić information content (AvgIpc) is 1.68. The second-order valence-electron chi connectivity index (χ2n) is 2.46. The molecular formula is C8H17Y-. The van der Waals surface area contributed by atoms with E-state index in [0.717, 1.165) is 0 Å². The summed E-state index contributed by atoms with van der Waals surface area (Å²) >= 11 is 0. The molecule has 0 unspecified atom stereocenters. The molecule has 0 aromatic rings. The van der Waals surface area contributed by atoms with E-state index in [-0.39, 0.29) is 32.7 Å². The second-order valence-corrected chi connectivity index (χ2v) is 2.46. The maximum Gasteiger partial charge on any atom is 0 e. The molecule has 0 rings (SSSR count). The van der Waals surface area contributed by atoms with E-state index < -0.39 is 0 Å². The van der Waals surface area contributed by atoms with Crippen molar-refractivity contribution in [2.75, 3.05) is 0 Å². The molecule has 0 saturated heterocycles. The number of rotatable bonds is 4. The van der Waals surface area contributed by atoms with E-state index >= 15 is 0 Å². The molecule has 0 aliphatic heterocycles. The largest absolute Gasteiger partial charge is 0.317 e. The van der Waals surface area contributed by atoms with E-state index in [1.807, 2.05) is 0 Å². The Morgan fingerprint density at radius 1 is 1.00 bits per heavy atom. The summed E-state index contributed by atoms with van der Waals surface area (Å²) in [7, 11) is 0. The monoisotopic (exact) mass is 202 g/mol. The number of hydrogen-bond acceptors (Lipinski definition) is 0. The van der Waals surface area contributed by atoms with E-state index in [4.69, 9.17) is 0 Å². The van der Waals surface area contributed by atoms with Crippen molar-refractivity contribution >= 4 is 0 Å². The molecule has 53 valence electrons. The average molecular weight is 202 g/mol. The fourth-order valence-electron chi connectivity index (χ4n) is 0.979. The smallest absolute Gasteiger partial charge is 0 e. The van der Waals surface area contributed by atoms with Gasteiger partial charge in [-0.25, -0.2) is 0 Å². The Labute approximate surface area is 84.7 Å². The third-order valence-electron chi connectivity index (χ3n) is 1.35. The topological polar surface area (TPSA) is 0 Å². The van der Waals surface area contributed by atoms with Crippen molar-refractivity contribution in [1.29, 1.82) is 0 Å². The van der Waals surface area contributed by atoms with Crippen LogP contribution in [0.1, 0.15) is 46.5 Å². The van der Waals surface area contributed by atoms with Gasteiger partial charge in [-0.05, 0) is 0 Å². The molecule has 0 fully saturated rings. The van der Waals surface area contributed by atoms with Crippen LogP contribution in [-0.2, 0) is 32.7 Å². The number of hydrogen-bond donors (Lipinski definition) is 0. The molecule has 0 nitrogen and oxygen atoms in total. The van der Waals surface area contributed by atoms with Crippen LogP contribution in [0.3, 0.4) is 0 Å². The molecule has 0 atom stereocenters. The van der Waals surface area contributed by atoms with Crippen LogP contribution >= 0.6 is 0 Å². The van der Waals surface area contributed by atoms with Crippen LogP contribution in [0.25, 0.3) is 0 Å². The van der Waals surface area contributed by atoms with Gasteiger partial charge in [-0.15, -0.1) is 0 Å². The quantitative estimate of drug-likeness (QED) is 0.614. The zero-order chi connectivity index (χ0) is 6.41. The molecule has 1 heteroatoms. The van der Waals surface area contributed by atoms with Gasteiger partial charge in [0, 0.05) is 32.7 Å². The van der Waals surface area contributed by atoms with Crippen LogP contribution in [0.5, 0.6) is 0 Å². The van der Waals surface area contributed by atoms with Crippen molar-refractivity contribution in [1.82, 2.24) is 0 Å². The van der Waals surface area contributed by atoms with Gasteiger partial charge < -0.3 is 5.92 Å². The van der Waals surface area contributed by atoms with Crippen LogP contribution in [0.4, 0.5) is 0 Å². The standard InChI is InChI=1S/C8H17.Y/c1-4-6-8(3)7-5-2;/h4-7H2,1-3H3;/q-1;. The van der Waals surface area contributed by atoms with Gasteiger partial charge in [0.2, 0.25) is 0 Å². The summed E-state index contributed by atoms with van der Waals surface area (Å²) < 4.78 is 0. The first-order valence-corrected chi connectivity index (χ1v) is 3.62. The Morgan fingerprint density at radius 2 is 1.33 bits per heavy atom. The predicted octanol–water partition coefficient (Wildman–Crippen LogP) is 3.18. The molecule has 0 aliphatic carbocycles. The van der Waals surface area contributed by atoms with Gasteiger partial charge in [-0.2, -0.15) is 19.8 Å². The van der Waals surface area contributed by atoms with Crippen LogP contribution in [0, 0.1) is 5.92 Å². The summed E-state index contributed by atoms with van der Waals surface area (Å²) in [5, 5.41) is 0. The Balaban J connectivity index is 0. The maximum atomic E-state index is 2.26. The summed E-state index contributed by atoms with van der Waals surface area (Å²) in [6.45, 7) is 6.73. The second kappa shape index (κ2) is 9.10. The van der Waals surface area contributed by atoms with Gasteiger partial charge in [0.05, 0.1) is 0 Å². The third-order valence-corrected chi connectivity index (χ3v) is 1.35. The molecule has 0 amide bonds.